The van der Waals surface area contributed by atoms with Crippen LogP contribution in [-0.4, -0.2) is 29.9 Å². The van der Waals surface area contributed by atoms with E-state index in [2.05, 4.69) is 137 Å². The Morgan fingerprint density at radius 1 is 0.295 bits per heavy atom. The molecular formula is C54H32N6O. The molecule has 0 atom stereocenters. The lowest BCUT2D eigenvalue weighted by molar-refractivity contribution is 0.667. The van der Waals surface area contributed by atoms with Crippen molar-refractivity contribution in [2.45, 2.75) is 0 Å². The summed E-state index contributed by atoms with van der Waals surface area (Å²) in [5, 5.41) is 9.35. The van der Waals surface area contributed by atoms with E-state index in [1.54, 1.807) is 24.8 Å². The fraction of sp³-hybridized carbons (Fsp3) is 0. The summed E-state index contributed by atoms with van der Waals surface area (Å²) in [6.45, 7) is 0. The van der Waals surface area contributed by atoms with Crippen LogP contribution in [0.1, 0.15) is 0 Å². The Morgan fingerprint density at radius 2 is 0.738 bits per heavy atom. The van der Waals surface area contributed by atoms with Gasteiger partial charge in [0.1, 0.15) is 5.58 Å². The van der Waals surface area contributed by atoms with Crippen LogP contribution in [0.4, 0.5) is 0 Å². The second-order valence-corrected chi connectivity index (χ2v) is 15.2. The van der Waals surface area contributed by atoms with Gasteiger partial charge in [0, 0.05) is 57.8 Å². The number of hydrogen-bond donors (Lipinski definition) is 0. The van der Waals surface area contributed by atoms with Gasteiger partial charge in [0.25, 0.3) is 0 Å². The SMILES string of the molecule is c1cc(-c2cc3c(cn2)oc2cc4c5ccccc5c5ccccc5c4cc23)cc(-c2nc(-c3ccc(-c4ccncc4)cc3)nc(-c3ccc(-c4ccncc4)cc3)n2)c1. The quantitative estimate of drug-likeness (QED) is 0.155. The summed E-state index contributed by atoms with van der Waals surface area (Å²) in [6.07, 6.45) is 9.05. The summed E-state index contributed by atoms with van der Waals surface area (Å²) in [5.74, 6) is 1.74. The van der Waals surface area contributed by atoms with Gasteiger partial charge in [-0.1, -0.05) is 115 Å². The van der Waals surface area contributed by atoms with Crippen LogP contribution >= 0.6 is 0 Å². The van der Waals surface area contributed by atoms with Gasteiger partial charge in [0.15, 0.2) is 23.1 Å². The summed E-state index contributed by atoms with van der Waals surface area (Å²) in [4.78, 5) is 28.5. The summed E-state index contributed by atoms with van der Waals surface area (Å²) in [5.41, 5.74) is 10.3. The van der Waals surface area contributed by atoms with Crippen LogP contribution in [0.5, 0.6) is 0 Å². The van der Waals surface area contributed by atoms with Gasteiger partial charge in [-0.3, -0.25) is 15.0 Å². The topological polar surface area (TPSA) is 90.5 Å². The maximum Gasteiger partial charge on any atom is 0.164 e. The number of furan rings is 1. The molecule has 5 heterocycles. The summed E-state index contributed by atoms with van der Waals surface area (Å²) in [6, 6.07) is 56.7. The van der Waals surface area contributed by atoms with Crippen molar-refractivity contribution in [1.82, 2.24) is 29.9 Å². The van der Waals surface area contributed by atoms with Crippen LogP contribution in [0.15, 0.2) is 199 Å². The number of benzene rings is 7. The van der Waals surface area contributed by atoms with Gasteiger partial charge in [-0.05, 0) is 103 Å². The molecule has 7 nitrogen and oxygen atoms in total. The van der Waals surface area contributed by atoms with Crippen LogP contribution < -0.4 is 0 Å². The molecule has 0 aliphatic carbocycles. The van der Waals surface area contributed by atoms with Gasteiger partial charge < -0.3 is 4.42 Å². The van der Waals surface area contributed by atoms with Crippen LogP contribution in [0.3, 0.4) is 0 Å². The van der Waals surface area contributed by atoms with E-state index in [9.17, 15) is 0 Å². The normalized spacial score (nSPS) is 11.6. The van der Waals surface area contributed by atoms with E-state index in [1.807, 2.05) is 42.6 Å². The highest BCUT2D eigenvalue weighted by Gasteiger charge is 2.17. The first-order valence-corrected chi connectivity index (χ1v) is 20.1. The van der Waals surface area contributed by atoms with E-state index < -0.39 is 0 Å². The number of aromatic nitrogens is 6. The molecule has 0 bridgehead atoms. The molecule has 0 saturated heterocycles. The predicted molar refractivity (Wildman–Crippen MR) is 246 cm³/mol. The fourth-order valence-corrected chi connectivity index (χ4v) is 8.53. The van der Waals surface area contributed by atoms with E-state index in [-0.39, 0.29) is 0 Å². The number of pyridine rings is 3. The molecular weight excluding hydrogens is 749 g/mol. The minimum Gasteiger partial charge on any atom is -0.454 e. The van der Waals surface area contributed by atoms with Crippen molar-refractivity contribution in [3.63, 3.8) is 0 Å². The number of rotatable bonds is 6. The zero-order valence-electron chi connectivity index (χ0n) is 32.6. The Balaban J connectivity index is 0.967. The Bertz CT molecular complexity index is 3520. The third-order valence-electron chi connectivity index (χ3n) is 11.6. The molecule has 284 valence electrons. The first-order valence-electron chi connectivity index (χ1n) is 20.1. The van der Waals surface area contributed by atoms with Crippen molar-refractivity contribution in [2.24, 2.45) is 0 Å². The van der Waals surface area contributed by atoms with Crippen LogP contribution in [0.2, 0.25) is 0 Å². The second kappa shape index (κ2) is 14.1. The van der Waals surface area contributed by atoms with Gasteiger partial charge in [0.05, 0.1) is 11.9 Å². The molecule has 0 radical (unpaired) electrons. The molecule has 0 amide bonds. The Hall–Kier alpha value is -8.42. The van der Waals surface area contributed by atoms with Gasteiger partial charge in [-0.15, -0.1) is 0 Å². The Labute approximate surface area is 349 Å². The Morgan fingerprint density at radius 3 is 1.30 bits per heavy atom. The standard InChI is InChI=1S/C54H32N6O/c1-3-10-43-41(8-1)42-9-2-4-11-44(42)46-31-50-47(29-45(43)46)48-30-49(57-32-51(48)61-50)39-6-5-7-40(28-39)54-59-52(37-16-12-33(13-17-37)35-20-24-55-25-21-35)58-53(60-54)38-18-14-34(15-19-38)36-22-26-56-27-23-36/h1-32H. The van der Waals surface area contributed by atoms with Crippen molar-refractivity contribution < 1.29 is 4.42 Å². The molecule has 7 heteroatoms. The maximum atomic E-state index is 6.49. The van der Waals surface area contributed by atoms with Crippen LogP contribution in [-0.2, 0) is 0 Å². The fourth-order valence-electron chi connectivity index (χ4n) is 8.53. The smallest absolute Gasteiger partial charge is 0.164 e. The molecule has 5 aromatic heterocycles. The third kappa shape index (κ3) is 6.07. The minimum atomic E-state index is 0.568. The average molecular weight is 781 g/mol. The molecule has 0 unspecified atom stereocenters. The van der Waals surface area contributed by atoms with Crippen molar-refractivity contribution >= 4 is 54.3 Å². The van der Waals surface area contributed by atoms with Crippen molar-refractivity contribution in [2.75, 3.05) is 0 Å². The van der Waals surface area contributed by atoms with Gasteiger partial charge in [-0.25, -0.2) is 15.0 Å². The number of hydrogen-bond acceptors (Lipinski definition) is 7. The van der Waals surface area contributed by atoms with E-state index in [1.165, 1.54) is 32.3 Å². The lowest BCUT2D eigenvalue weighted by atomic mass is 9.93. The Kier molecular flexibility index (Phi) is 8.03. The highest BCUT2D eigenvalue weighted by atomic mass is 16.3. The van der Waals surface area contributed by atoms with Crippen molar-refractivity contribution in [3.8, 4) is 67.7 Å². The van der Waals surface area contributed by atoms with Gasteiger partial charge in [-0.2, -0.15) is 0 Å². The number of fused-ring (bicyclic) bond motifs is 9. The molecule has 0 spiro atoms. The lowest BCUT2D eigenvalue weighted by Crippen LogP contribution is -2.00. The molecule has 7 aromatic carbocycles. The predicted octanol–water partition coefficient (Wildman–Crippen LogP) is 13.4. The molecule has 0 saturated carbocycles. The largest absolute Gasteiger partial charge is 0.454 e. The molecule has 0 aliphatic heterocycles. The van der Waals surface area contributed by atoms with Crippen molar-refractivity contribution in [3.05, 3.63) is 195 Å². The van der Waals surface area contributed by atoms with Crippen molar-refractivity contribution in [1.29, 1.82) is 0 Å². The zero-order chi connectivity index (χ0) is 40.3. The summed E-state index contributed by atoms with van der Waals surface area (Å²) in [7, 11) is 0. The van der Waals surface area contributed by atoms with Gasteiger partial charge >= 0.3 is 0 Å². The molecule has 12 aromatic rings. The minimum absolute atomic E-state index is 0.568. The van der Waals surface area contributed by atoms with Gasteiger partial charge in [0.2, 0.25) is 0 Å². The number of nitrogens with zero attached hydrogens (tertiary/aromatic N) is 6. The monoisotopic (exact) mass is 780 g/mol. The van der Waals surface area contributed by atoms with E-state index in [4.69, 9.17) is 24.4 Å². The van der Waals surface area contributed by atoms with E-state index >= 15 is 0 Å². The summed E-state index contributed by atoms with van der Waals surface area (Å²) < 4.78 is 6.49. The highest BCUT2D eigenvalue weighted by Crippen LogP contribution is 2.40. The van der Waals surface area contributed by atoms with E-state index in [0.29, 0.717) is 17.5 Å². The average Bonchev–Trinajstić information content (AvgIpc) is 3.71. The third-order valence-corrected chi connectivity index (χ3v) is 11.6. The highest BCUT2D eigenvalue weighted by molar-refractivity contribution is 6.28. The first-order chi connectivity index (χ1) is 30.2. The second-order valence-electron chi connectivity index (χ2n) is 15.2. The lowest BCUT2D eigenvalue weighted by Gasteiger charge is -2.11. The van der Waals surface area contributed by atoms with E-state index in [0.717, 1.165) is 72.1 Å². The first kappa shape index (κ1) is 34.6. The molecule has 61 heavy (non-hydrogen) atoms. The van der Waals surface area contributed by atoms with Crippen LogP contribution in [0.25, 0.3) is 122 Å². The summed E-state index contributed by atoms with van der Waals surface area (Å²) >= 11 is 0. The molecule has 0 N–H and O–H groups in total. The maximum absolute atomic E-state index is 6.49. The zero-order valence-corrected chi connectivity index (χ0v) is 32.6. The molecule has 0 aliphatic rings. The molecule has 0 fully saturated rings. The van der Waals surface area contributed by atoms with Crippen LogP contribution in [0, 0.1) is 0 Å². The molecule has 12 rings (SSSR count).